The lowest BCUT2D eigenvalue weighted by Gasteiger charge is -2.08. The van der Waals surface area contributed by atoms with E-state index in [1.807, 2.05) is 13.8 Å². The molecule has 5 nitrogen and oxygen atoms in total. The number of hydrogen-bond acceptors (Lipinski definition) is 3. The van der Waals surface area contributed by atoms with Gasteiger partial charge in [0, 0.05) is 13.1 Å². The first-order valence-corrected chi connectivity index (χ1v) is 8.95. The van der Waals surface area contributed by atoms with E-state index in [4.69, 9.17) is 4.74 Å². The maximum absolute atomic E-state index is 11.3. The molecule has 0 saturated carbocycles. The van der Waals surface area contributed by atoms with Crippen LogP contribution in [-0.2, 0) is 14.3 Å². The van der Waals surface area contributed by atoms with Gasteiger partial charge in [-0.25, -0.2) is 0 Å². The Morgan fingerprint density at radius 2 is 1.39 bits per heavy atom. The summed E-state index contributed by atoms with van der Waals surface area (Å²) in [5, 5.41) is 5.50. The first-order chi connectivity index (χ1) is 10.9. The van der Waals surface area contributed by atoms with Crippen LogP contribution in [0.1, 0.15) is 73.1 Å². The van der Waals surface area contributed by atoms with Crippen molar-refractivity contribution < 1.29 is 14.3 Å². The van der Waals surface area contributed by atoms with E-state index in [-0.39, 0.29) is 18.6 Å². The normalized spacial score (nSPS) is 10.2. The molecule has 0 unspecified atom stereocenters. The van der Waals surface area contributed by atoms with Crippen molar-refractivity contribution in [2.45, 2.75) is 79.2 Å². The summed E-state index contributed by atoms with van der Waals surface area (Å²) in [7, 11) is 0. The molecule has 0 radical (unpaired) electrons. The number of carbonyl (C=O) groups excluding carboxylic acids is 2. The third-order valence-corrected chi connectivity index (χ3v) is 2.70. The Bertz CT molecular complexity index is 266. The van der Waals surface area contributed by atoms with Crippen LogP contribution in [-0.4, -0.2) is 38.1 Å². The molecule has 0 aliphatic rings. The highest BCUT2D eigenvalue weighted by atomic mass is 16.5. The maximum Gasteiger partial charge on any atom is 0.246 e. The Balaban J connectivity index is 0. The van der Waals surface area contributed by atoms with E-state index < -0.39 is 0 Å². The highest BCUT2D eigenvalue weighted by Crippen LogP contribution is 2.04. The van der Waals surface area contributed by atoms with Crippen LogP contribution in [0.3, 0.4) is 0 Å². The van der Waals surface area contributed by atoms with Gasteiger partial charge in [-0.3, -0.25) is 9.59 Å². The number of amides is 2. The van der Waals surface area contributed by atoms with Crippen LogP contribution in [0, 0.1) is 5.92 Å². The summed E-state index contributed by atoms with van der Waals surface area (Å²) < 4.78 is 5.20. The minimum atomic E-state index is -0.0337. The second kappa shape index (κ2) is 18.9. The fourth-order valence-corrected chi connectivity index (χ4v) is 1.64. The third-order valence-electron chi connectivity index (χ3n) is 2.70. The van der Waals surface area contributed by atoms with Gasteiger partial charge in [0.05, 0.1) is 6.10 Å². The van der Waals surface area contributed by atoms with Crippen molar-refractivity contribution in [3.05, 3.63) is 0 Å². The van der Waals surface area contributed by atoms with E-state index in [0.717, 1.165) is 51.1 Å². The molecular weight excluding hydrogens is 292 g/mol. The molecule has 5 heteroatoms. The number of carbonyl (C=O) groups is 2. The van der Waals surface area contributed by atoms with Crippen LogP contribution in [0.25, 0.3) is 0 Å². The lowest BCUT2D eigenvalue weighted by Crippen LogP contribution is -2.29. The molecule has 0 bridgehead atoms. The lowest BCUT2D eigenvalue weighted by atomic mass is 10.1. The summed E-state index contributed by atoms with van der Waals surface area (Å²) in [6.07, 6.45) is 7.54. The standard InChI is InChI=1S/C14H28N2O3.C4H10/c1-13(2)19-11-14(18)16-10-8-6-4-3-5-7-9-15-12-17;1-4(2)3/h12-13H,3-11H2,1-2H3,(H,15,17)(H,16,18);4H,1-3H3. The Morgan fingerprint density at radius 3 is 1.87 bits per heavy atom. The van der Waals surface area contributed by atoms with Gasteiger partial charge in [0.15, 0.2) is 0 Å². The van der Waals surface area contributed by atoms with E-state index in [2.05, 4.69) is 31.4 Å². The zero-order chi connectivity index (χ0) is 17.9. The zero-order valence-electron chi connectivity index (χ0n) is 15.8. The molecule has 0 heterocycles. The number of hydrogen-bond donors (Lipinski definition) is 2. The van der Waals surface area contributed by atoms with Gasteiger partial charge in [-0.2, -0.15) is 0 Å². The molecule has 0 aromatic carbocycles. The molecule has 0 aliphatic heterocycles. The van der Waals surface area contributed by atoms with Crippen molar-refractivity contribution in [2.24, 2.45) is 5.92 Å². The van der Waals surface area contributed by atoms with Crippen LogP contribution in [0.4, 0.5) is 0 Å². The smallest absolute Gasteiger partial charge is 0.246 e. The van der Waals surface area contributed by atoms with Gasteiger partial charge in [0.25, 0.3) is 0 Å². The van der Waals surface area contributed by atoms with Crippen LogP contribution in [0.2, 0.25) is 0 Å². The molecule has 23 heavy (non-hydrogen) atoms. The number of rotatable bonds is 13. The first-order valence-electron chi connectivity index (χ1n) is 8.95. The van der Waals surface area contributed by atoms with Gasteiger partial charge >= 0.3 is 0 Å². The first kappa shape index (κ1) is 24.2. The summed E-state index contributed by atoms with van der Waals surface area (Å²) in [6, 6.07) is 0. The zero-order valence-corrected chi connectivity index (χ0v) is 15.8. The number of nitrogens with one attached hydrogen (secondary N) is 2. The van der Waals surface area contributed by atoms with E-state index in [1.54, 1.807) is 0 Å². The average molecular weight is 331 g/mol. The van der Waals surface area contributed by atoms with E-state index in [0.29, 0.717) is 0 Å². The van der Waals surface area contributed by atoms with Gasteiger partial charge < -0.3 is 15.4 Å². The third kappa shape index (κ3) is 29.5. The van der Waals surface area contributed by atoms with E-state index in [9.17, 15) is 9.59 Å². The van der Waals surface area contributed by atoms with E-state index >= 15 is 0 Å². The van der Waals surface area contributed by atoms with Crippen molar-refractivity contribution in [1.29, 1.82) is 0 Å². The minimum Gasteiger partial charge on any atom is -0.369 e. The molecular formula is C18H38N2O3. The van der Waals surface area contributed by atoms with Crippen molar-refractivity contribution in [3.8, 4) is 0 Å². The van der Waals surface area contributed by atoms with Crippen LogP contribution < -0.4 is 10.6 Å². The molecule has 2 amide bonds. The van der Waals surface area contributed by atoms with Crippen molar-refractivity contribution >= 4 is 12.3 Å². The van der Waals surface area contributed by atoms with Gasteiger partial charge in [-0.05, 0) is 32.6 Å². The highest BCUT2D eigenvalue weighted by molar-refractivity contribution is 5.77. The topological polar surface area (TPSA) is 67.4 Å². The summed E-state index contributed by atoms with van der Waals surface area (Å²) in [5.41, 5.74) is 0. The van der Waals surface area contributed by atoms with Gasteiger partial charge in [-0.1, -0.05) is 46.5 Å². The summed E-state index contributed by atoms with van der Waals surface area (Å²) in [6.45, 7) is 12.0. The Labute approximate surface area is 142 Å². The van der Waals surface area contributed by atoms with Crippen LogP contribution >= 0.6 is 0 Å². The molecule has 0 atom stereocenters. The predicted molar refractivity (Wildman–Crippen MR) is 96.4 cm³/mol. The quantitative estimate of drug-likeness (QED) is 0.402. The Hall–Kier alpha value is -1.10. The molecule has 0 rings (SSSR count). The molecule has 0 aromatic heterocycles. The van der Waals surface area contributed by atoms with Crippen LogP contribution in [0.5, 0.6) is 0 Å². The summed E-state index contributed by atoms with van der Waals surface area (Å²) >= 11 is 0. The monoisotopic (exact) mass is 330 g/mol. The summed E-state index contributed by atoms with van der Waals surface area (Å²) in [5.74, 6) is 0.800. The largest absolute Gasteiger partial charge is 0.369 e. The molecule has 0 aromatic rings. The van der Waals surface area contributed by atoms with Gasteiger partial charge in [-0.15, -0.1) is 0 Å². The van der Waals surface area contributed by atoms with Crippen LogP contribution in [0.15, 0.2) is 0 Å². The molecule has 0 spiro atoms. The van der Waals surface area contributed by atoms with Gasteiger partial charge in [0.2, 0.25) is 12.3 Å². The fourth-order valence-electron chi connectivity index (χ4n) is 1.64. The van der Waals surface area contributed by atoms with Crippen molar-refractivity contribution in [1.82, 2.24) is 10.6 Å². The number of ether oxygens (including phenoxy) is 1. The molecule has 2 N–H and O–H groups in total. The highest BCUT2D eigenvalue weighted by Gasteiger charge is 2.01. The average Bonchev–Trinajstić information content (AvgIpc) is 2.46. The molecule has 0 saturated heterocycles. The molecule has 138 valence electrons. The SMILES string of the molecule is CC(C)C.CC(C)OCC(=O)NCCCCCCCCNC=O. The molecule has 0 aliphatic carbocycles. The molecule has 0 fully saturated rings. The van der Waals surface area contributed by atoms with Crippen molar-refractivity contribution in [2.75, 3.05) is 19.7 Å². The van der Waals surface area contributed by atoms with E-state index in [1.165, 1.54) is 12.8 Å². The Morgan fingerprint density at radius 1 is 0.913 bits per heavy atom. The minimum absolute atomic E-state index is 0.0337. The Kier molecular flexibility index (Phi) is 19.9. The second-order valence-corrected chi connectivity index (χ2v) is 6.64. The van der Waals surface area contributed by atoms with Gasteiger partial charge in [0.1, 0.15) is 6.61 Å². The second-order valence-electron chi connectivity index (χ2n) is 6.64. The lowest BCUT2D eigenvalue weighted by molar-refractivity contribution is -0.127. The maximum atomic E-state index is 11.3. The fraction of sp³-hybridized carbons (Fsp3) is 0.889. The van der Waals surface area contributed by atoms with Crippen molar-refractivity contribution in [3.63, 3.8) is 0 Å². The predicted octanol–water partition coefficient (Wildman–Crippen LogP) is 3.28. The summed E-state index contributed by atoms with van der Waals surface area (Å²) in [4.78, 5) is 21.3. The number of unbranched alkanes of at least 4 members (excludes halogenated alkanes) is 5.